The zero-order valence-corrected chi connectivity index (χ0v) is 11.0. The molecule has 0 aliphatic carbocycles. The van der Waals surface area contributed by atoms with Crippen LogP contribution in [-0.4, -0.2) is 0 Å². The van der Waals surface area contributed by atoms with E-state index in [-0.39, 0.29) is 21.1 Å². The summed E-state index contributed by atoms with van der Waals surface area (Å²) in [5, 5.41) is 0. The Morgan fingerprint density at radius 3 is 1.86 bits per heavy atom. The zero-order valence-electron chi connectivity index (χ0n) is 8.03. The van der Waals surface area contributed by atoms with Gasteiger partial charge in [-0.3, -0.25) is 0 Å². The molecular formula is C13H11W-. The van der Waals surface area contributed by atoms with E-state index in [1.54, 1.807) is 0 Å². The third-order valence-electron chi connectivity index (χ3n) is 2.10. The van der Waals surface area contributed by atoms with Crippen LogP contribution >= 0.6 is 0 Å². The topological polar surface area (TPSA) is 0 Å². The first-order chi connectivity index (χ1) is 6.36. The molecule has 0 nitrogen and oxygen atoms in total. The zero-order chi connectivity index (χ0) is 9.10. The van der Waals surface area contributed by atoms with Gasteiger partial charge >= 0.3 is 0 Å². The Balaban J connectivity index is 0.000000980. The largest absolute Gasteiger partial charge is 0.184 e. The second-order valence-corrected chi connectivity index (χ2v) is 3.15. The van der Waals surface area contributed by atoms with Gasteiger partial charge in [0, 0.05) is 21.1 Å². The summed E-state index contributed by atoms with van der Waals surface area (Å²) in [4.78, 5) is 0. The molecule has 0 bridgehead atoms. The average Bonchev–Trinajstić information content (AvgIpc) is 2.20. The Labute approximate surface area is 99.2 Å². The maximum absolute atomic E-state index is 3.01. The van der Waals surface area contributed by atoms with E-state index >= 15 is 0 Å². The van der Waals surface area contributed by atoms with Crippen LogP contribution in [0.25, 0.3) is 11.1 Å². The molecule has 0 aliphatic rings. The van der Waals surface area contributed by atoms with Gasteiger partial charge in [0.15, 0.2) is 0 Å². The summed E-state index contributed by atoms with van der Waals surface area (Å²) < 4.78 is 0. The van der Waals surface area contributed by atoms with Crippen LogP contribution < -0.4 is 0 Å². The van der Waals surface area contributed by atoms with E-state index in [4.69, 9.17) is 0 Å². The second-order valence-electron chi connectivity index (χ2n) is 3.15. The van der Waals surface area contributed by atoms with Crippen molar-refractivity contribution in [2.24, 2.45) is 0 Å². The van der Waals surface area contributed by atoms with Crippen LogP contribution in [0.3, 0.4) is 0 Å². The molecule has 0 saturated heterocycles. The number of aryl methyl sites for hydroxylation is 1. The molecule has 14 heavy (non-hydrogen) atoms. The maximum Gasteiger partial charge on any atom is 0 e. The molecule has 70 valence electrons. The van der Waals surface area contributed by atoms with Crippen molar-refractivity contribution < 1.29 is 21.1 Å². The van der Waals surface area contributed by atoms with E-state index < -0.39 is 0 Å². The molecule has 0 aromatic heterocycles. The number of hydrogen-bond donors (Lipinski definition) is 0. The van der Waals surface area contributed by atoms with Gasteiger partial charge < -0.3 is 0 Å². The van der Waals surface area contributed by atoms with Crippen molar-refractivity contribution in [3.8, 4) is 11.1 Å². The molecule has 0 unspecified atom stereocenters. The van der Waals surface area contributed by atoms with Crippen molar-refractivity contribution >= 4 is 0 Å². The van der Waals surface area contributed by atoms with Gasteiger partial charge in [-0.25, -0.2) is 0 Å². The van der Waals surface area contributed by atoms with Crippen LogP contribution in [0.1, 0.15) is 5.56 Å². The van der Waals surface area contributed by atoms with E-state index in [0.717, 1.165) is 0 Å². The Morgan fingerprint density at radius 1 is 0.786 bits per heavy atom. The van der Waals surface area contributed by atoms with Crippen molar-refractivity contribution in [1.29, 1.82) is 0 Å². The monoisotopic (exact) mass is 351 g/mol. The molecule has 2 aromatic rings. The van der Waals surface area contributed by atoms with Crippen molar-refractivity contribution in [2.45, 2.75) is 6.92 Å². The molecule has 0 fully saturated rings. The summed E-state index contributed by atoms with van der Waals surface area (Å²) >= 11 is 0. The predicted molar refractivity (Wildman–Crippen MR) is 55.5 cm³/mol. The van der Waals surface area contributed by atoms with Gasteiger partial charge in [0.2, 0.25) is 0 Å². The first-order valence-electron chi connectivity index (χ1n) is 4.39. The Kier molecular flexibility index (Phi) is 4.10. The fourth-order valence-electron chi connectivity index (χ4n) is 1.33. The molecule has 0 radical (unpaired) electrons. The number of benzene rings is 2. The van der Waals surface area contributed by atoms with E-state index in [0.29, 0.717) is 0 Å². The standard InChI is InChI=1S/C13H11.W/c1-11-7-9-13(10-8-11)12-5-3-2-4-6-12;/h3-10H,1H3;/q-1;. The fraction of sp³-hybridized carbons (Fsp3) is 0.0769. The van der Waals surface area contributed by atoms with Crippen LogP contribution in [0.4, 0.5) is 0 Å². The maximum atomic E-state index is 3.01. The third-order valence-corrected chi connectivity index (χ3v) is 2.10. The van der Waals surface area contributed by atoms with Crippen molar-refractivity contribution in [3.05, 3.63) is 60.2 Å². The summed E-state index contributed by atoms with van der Waals surface area (Å²) in [6.07, 6.45) is 0. The molecule has 0 amide bonds. The summed E-state index contributed by atoms with van der Waals surface area (Å²) in [5.74, 6) is 0. The Hall–Kier alpha value is -0.872. The molecule has 0 spiro atoms. The Morgan fingerprint density at radius 2 is 1.29 bits per heavy atom. The molecule has 0 heterocycles. The average molecular weight is 351 g/mol. The van der Waals surface area contributed by atoms with E-state index in [1.807, 2.05) is 12.1 Å². The molecule has 0 atom stereocenters. The van der Waals surface area contributed by atoms with Crippen LogP contribution in [-0.2, 0) is 21.1 Å². The minimum absolute atomic E-state index is 0. The summed E-state index contributed by atoms with van der Waals surface area (Å²) in [7, 11) is 0. The summed E-state index contributed by atoms with van der Waals surface area (Å²) in [6, 6.07) is 19.6. The summed E-state index contributed by atoms with van der Waals surface area (Å²) in [6.45, 7) is 2.10. The van der Waals surface area contributed by atoms with Gasteiger partial charge in [-0.15, -0.1) is 5.56 Å². The van der Waals surface area contributed by atoms with Crippen LogP contribution in [0.15, 0.2) is 48.5 Å². The molecule has 2 rings (SSSR count). The van der Waals surface area contributed by atoms with Gasteiger partial charge in [-0.05, 0) is 12.5 Å². The van der Waals surface area contributed by atoms with Gasteiger partial charge in [-0.1, -0.05) is 29.8 Å². The van der Waals surface area contributed by atoms with E-state index in [9.17, 15) is 0 Å². The normalized spacial score (nSPS) is 9.21. The smallest absolute Gasteiger partial charge is 0 e. The number of hydrogen-bond acceptors (Lipinski definition) is 0. The first kappa shape index (κ1) is 11.2. The van der Waals surface area contributed by atoms with Gasteiger partial charge in [0.25, 0.3) is 0 Å². The van der Waals surface area contributed by atoms with Crippen molar-refractivity contribution in [2.75, 3.05) is 0 Å². The van der Waals surface area contributed by atoms with E-state index in [1.165, 1.54) is 16.7 Å². The SMILES string of the molecule is Cc1ccc(-c2cc[c-]cc2)cc1.[W]. The fourth-order valence-corrected chi connectivity index (χ4v) is 1.33. The molecule has 2 aromatic carbocycles. The minimum atomic E-state index is 0. The van der Waals surface area contributed by atoms with Crippen molar-refractivity contribution in [3.63, 3.8) is 0 Å². The van der Waals surface area contributed by atoms with Gasteiger partial charge in [0.05, 0.1) is 0 Å². The van der Waals surface area contributed by atoms with Crippen LogP contribution in [0, 0.1) is 13.0 Å². The van der Waals surface area contributed by atoms with Gasteiger partial charge in [-0.2, -0.15) is 30.3 Å². The molecular weight excluding hydrogens is 340 g/mol. The van der Waals surface area contributed by atoms with E-state index in [2.05, 4.69) is 49.4 Å². The quantitative estimate of drug-likeness (QED) is 0.691. The molecule has 1 heteroatoms. The van der Waals surface area contributed by atoms with Crippen molar-refractivity contribution in [1.82, 2.24) is 0 Å². The first-order valence-corrected chi connectivity index (χ1v) is 4.39. The van der Waals surface area contributed by atoms with Gasteiger partial charge in [0.1, 0.15) is 0 Å². The van der Waals surface area contributed by atoms with Crippen LogP contribution in [0.5, 0.6) is 0 Å². The number of rotatable bonds is 1. The molecule has 0 N–H and O–H groups in total. The minimum Gasteiger partial charge on any atom is -0.184 e. The summed E-state index contributed by atoms with van der Waals surface area (Å²) in [5.41, 5.74) is 3.81. The van der Waals surface area contributed by atoms with Crippen LogP contribution in [0.2, 0.25) is 0 Å². The molecule has 0 saturated carbocycles. The third kappa shape index (κ3) is 2.56. The second kappa shape index (κ2) is 5.12. The Bertz CT molecular complexity index is 376. The molecule has 0 aliphatic heterocycles. The predicted octanol–water partition coefficient (Wildman–Crippen LogP) is 3.46.